The predicted molar refractivity (Wildman–Crippen MR) is 88.8 cm³/mol. The minimum Gasteiger partial charge on any atom is -0.459 e. The van der Waals surface area contributed by atoms with Crippen molar-refractivity contribution >= 4 is 69.7 Å². The standard InChI is InChI=1S/C13H11Cl5N2O2/c14-7-5-9(15)11(10(16)6-7)19-20-13(17,18)12(21)22-8-3-1-2-4-8/h5-6,8H,1-4H2. The van der Waals surface area contributed by atoms with Crippen molar-refractivity contribution in [2.24, 2.45) is 10.2 Å². The average Bonchev–Trinajstić information content (AvgIpc) is 2.90. The Hall–Kier alpha value is -0.260. The second kappa shape index (κ2) is 7.54. The molecule has 120 valence electrons. The SMILES string of the molecule is O=C(OC1CCCC1)C(Cl)(Cl)N=Nc1c(Cl)cc(Cl)cc1Cl. The van der Waals surface area contributed by atoms with E-state index in [2.05, 4.69) is 10.2 Å². The fourth-order valence-electron chi connectivity index (χ4n) is 2.01. The molecule has 2 rings (SSSR count). The van der Waals surface area contributed by atoms with Crippen LogP contribution in [0.3, 0.4) is 0 Å². The van der Waals surface area contributed by atoms with Gasteiger partial charge in [-0.25, -0.2) is 4.79 Å². The summed E-state index contributed by atoms with van der Waals surface area (Å²) in [5.74, 6) is -0.868. The molecule has 1 aromatic rings. The summed E-state index contributed by atoms with van der Waals surface area (Å²) in [7, 11) is 0. The molecule has 9 heteroatoms. The third-order valence-corrected chi connectivity index (χ3v) is 4.33. The van der Waals surface area contributed by atoms with E-state index in [-0.39, 0.29) is 21.8 Å². The van der Waals surface area contributed by atoms with E-state index in [1.807, 2.05) is 0 Å². The lowest BCUT2D eigenvalue weighted by Crippen LogP contribution is -2.29. The molecular formula is C13H11Cl5N2O2. The Morgan fingerprint density at radius 3 is 2.23 bits per heavy atom. The summed E-state index contributed by atoms with van der Waals surface area (Å²) in [6.45, 7) is 0. The van der Waals surface area contributed by atoms with Gasteiger partial charge in [0.2, 0.25) is 0 Å². The molecular weight excluding hydrogens is 393 g/mol. The van der Waals surface area contributed by atoms with Crippen LogP contribution in [0, 0.1) is 0 Å². The lowest BCUT2D eigenvalue weighted by Gasteiger charge is -2.16. The molecule has 1 saturated carbocycles. The average molecular weight is 405 g/mol. The molecule has 0 unspecified atom stereocenters. The summed E-state index contributed by atoms with van der Waals surface area (Å²) in [4.78, 5) is 11.9. The van der Waals surface area contributed by atoms with Gasteiger partial charge in [0.15, 0.2) is 0 Å². The van der Waals surface area contributed by atoms with Gasteiger partial charge in [0.05, 0.1) is 10.0 Å². The number of halogens is 5. The van der Waals surface area contributed by atoms with E-state index in [1.54, 1.807) is 0 Å². The van der Waals surface area contributed by atoms with Crippen LogP contribution in [0.25, 0.3) is 0 Å². The van der Waals surface area contributed by atoms with Gasteiger partial charge in [-0.3, -0.25) is 0 Å². The van der Waals surface area contributed by atoms with E-state index in [1.165, 1.54) is 12.1 Å². The topological polar surface area (TPSA) is 51.0 Å². The zero-order valence-corrected chi connectivity index (χ0v) is 14.9. The molecule has 0 bridgehead atoms. The van der Waals surface area contributed by atoms with Crippen molar-refractivity contribution in [3.8, 4) is 0 Å². The van der Waals surface area contributed by atoms with Crippen LogP contribution >= 0.6 is 58.0 Å². The van der Waals surface area contributed by atoms with Crippen LogP contribution in [0.2, 0.25) is 15.1 Å². The number of nitrogens with zero attached hydrogens (tertiary/aromatic N) is 2. The van der Waals surface area contributed by atoms with Gasteiger partial charge >= 0.3 is 10.4 Å². The quantitative estimate of drug-likeness (QED) is 0.254. The van der Waals surface area contributed by atoms with Crippen molar-refractivity contribution in [3.63, 3.8) is 0 Å². The molecule has 0 aromatic heterocycles. The van der Waals surface area contributed by atoms with Crippen molar-refractivity contribution in [3.05, 3.63) is 27.2 Å². The van der Waals surface area contributed by atoms with Crippen molar-refractivity contribution in [2.45, 2.75) is 36.2 Å². The molecule has 1 aromatic carbocycles. The number of hydrogen-bond donors (Lipinski definition) is 0. The summed E-state index contributed by atoms with van der Waals surface area (Å²) >= 11 is 29.4. The third kappa shape index (κ3) is 4.62. The number of hydrogen-bond acceptors (Lipinski definition) is 4. The smallest absolute Gasteiger partial charge is 0.368 e. The molecule has 22 heavy (non-hydrogen) atoms. The summed E-state index contributed by atoms with van der Waals surface area (Å²) < 4.78 is 3.04. The normalized spacial score (nSPS) is 16.4. The van der Waals surface area contributed by atoms with E-state index in [4.69, 9.17) is 62.7 Å². The first kappa shape index (κ1) is 18.1. The highest BCUT2D eigenvalue weighted by Crippen LogP contribution is 2.38. The predicted octanol–water partition coefficient (Wildman–Crippen LogP) is 6.35. The first-order valence-electron chi connectivity index (χ1n) is 6.46. The fraction of sp³-hybridized carbons (Fsp3) is 0.462. The third-order valence-electron chi connectivity index (χ3n) is 3.08. The van der Waals surface area contributed by atoms with Gasteiger partial charge in [-0.05, 0) is 37.8 Å². The Kier molecular flexibility index (Phi) is 6.20. The van der Waals surface area contributed by atoms with Crippen LogP contribution in [0.4, 0.5) is 5.69 Å². The highest BCUT2D eigenvalue weighted by Gasteiger charge is 2.38. The van der Waals surface area contributed by atoms with Crippen LogP contribution in [0.1, 0.15) is 25.7 Å². The van der Waals surface area contributed by atoms with E-state index in [0.717, 1.165) is 25.7 Å². The molecule has 1 fully saturated rings. The molecule has 0 radical (unpaired) electrons. The maximum atomic E-state index is 11.9. The van der Waals surface area contributed by atoms with Gasteiger partial charge in [-0.15, -0.1) is 10.2 Å². The monoisotopic (exact) mass is 402 g/mol. The summed E-state index contributed by atoms with van der Waals surface area (Å²) in [5, 5.41) is 8.01. The second-order valence-electron chi connectivity index (χ2n) is 4.77. The molecule has 0 atom stereocenters. The van der Waals surface area contributed by atoms with Gasteiger partial charge < -0.3 is 4.74 Å². The number of benzene rings is 1. The van der Waals surface area contributed by atoms with Crippen molar-refractivity contribution in [1.29, 1.82) is 0 Å². The van der Waals surface area contributed by atoms with Gasteiger partial charge in [-0.1, -0.05) is 58.0 Å². The van der Waals surface area contributed by atoms with Crippen LogP contribution in [0.15, 0.2) is 22.4 Å². The summed E-state index contributed by atoms with van der Waals surface area (Å²) in [6, 6.07) is 2.87. The van der Waals surface area contributed by atoms with Gasteiger partial charge in [-0.2, -0.15) is 0 Å². The van der Waals surface area contributed by atoms with Crippen LogP contribution in [-0.2, 0) is 9.53 Å². The number of alkyl halides is 2. The summed E-state index contributed by atoms with van der Waals surface area (Å²) in [6.07, 6.45) is 3.42. The zero-order valence-electron chi connectivity index (χ0n) is 11.2. The second-order valence-corrected chi connectivity index (χ2v) is 7.31. The molecule has 4 nitrogen and oxygen atoms in total. The molecule has 0 amide bonds. The van der Waals surface area contributed by atoms with E-state index >= 15 is 0 Å². The molecule has 0 aliphatic heterocycles. The number of carbonyl (C=O) groups excluding carboxylic acids is 1. The lowest BCUT2D eigenvalue weighted by molar-refractivity contribution is -0.149. The van der Waals surface area contributed by atoms with Gasteiger partial charge in [0, 0.05) is 5.02 Å². The summed E-state index contributed by atoms with van der Waals surface area (Å²) in [5.41, 5.74) is 0.118. The Morgan fingerprint density at radius 1 is 1.14 bits per heavy atom. The molecule has 1 aliphatic rings. The molecule has 0 saturated heterocycles. The van der Waals surface area contributed by atoms with Crippen LogP contribution in [0.5, 0.6) is 0 Å². The van der Waals surface area contributed by atoms with Crippen molar-refractivity contribution in [1.82, 2.24) is 0 Å². The van der Waals surface area contributed by atoms with Crippen LogP contribution in [-0.4, -0.2) is 16.5 Å². The van der Waals surface area contributed by atoms with Crippen LogP contribution < -0.4 is 0 Å². The fourth-order valence-corrected chi connectivity index (χ4v) is 3.07. The number of esters is 1. The van der Waals surface area contributed by atoms with Crippen molar-refractivity contribution in [2.75, 3.05) is 0 Å². The Balaban J connectivity index is 2.11. The number of carbonyl (C=O) groups is 1. The first-order chi connectivity index (χ1) is 10.3. The maximum absolute atomic E-state index is 11.9. The van der Waals surface area contributed by atoms with Crippen molar-refractivity contribution < 1.29 is 9.53 Å². The molecule has 0 spiro atoms. The van der Waals surface area contributed by atoms with E-state index < -0.39 is 10.4 Å². The first-order valence-corrected chi connectivity index (χ1v) is 8.35. The minimum atomic E-state index is -2.16. The highest BCUT2D eigenvalue weighted by atomic mass is 35.5. The minimum absolute atomic E-state index is 0.118. The van der Waals surface area contributed by atoms with Gasteiger partial charge in [0.1, 0.15) is 11.8 Å². The maximum Gasteiger partial charge on any atom is 0.368 e. The van der Waals surface area contributed by atoms with E-state index in [9.17, 15) is 4.79 Å². The highest BCUT2D eigenvalue weighted by molar-refractivity contribution is 6.57. The number of ether oxygens (including phenoxy) is 1. The Morgan fingerprint density at radius 2 is 1.68 bits per heavy atom. The largest absolute Gasteiger partial charge is 0.459 e. The molecule has 1 aliphatic carbocycles. The zero-order chi connectivity index (χ0) is 16.3. The Bertz CT molecular complexity index is 577. The molecule has 0 heterocycles. The molecule has 0 N–H and O–H groups in total. The van der Waals surface area contributed by atoms with Gasteiger partial charge in [0.25, 0.3) is 0 Å². The lowest BCUT2D eigenvalue weighted by atomic mass is 10.3. The Labute approximate surface area is 152 Å². The number of azo groups is 1. The van der Waals surface area contributed by atoms with E-state index in [0.29, 0.717) is 5.02 Å². The number of rotatable bonds is 4.